The lowest BCUT2D eigenvalue weighted by molar-refractivity contribution is -0.112. The van der Waals surface area contributed by atoms with Crippen molar-refractivity contribution >= 4 is 29.4 Å². The van der Waals surface area contributed by atoms with Crippen LogP contribution in [0.3, 0.4) is 0 Å². The van der Waals surface area contributed by atoms with Gasteiger partial charge in [0, 0.05) is 22.2 Å². The average Bonchev–Trinajstić information content (AvgIpc) is 2.72. The first-order chi connectivity index (χ1) is 14.0. The van der Waals surface area contributed by atoms with Crippen molar-refractivity contribution in [2.45, 2.75) is 10.7 Å². The predicted molar refractivity (Wildman–Crippen MR) is 107 cm³/mol. The zero-order valence-electron chi connectivity index (χ0n) is 15.3. The van der Waals surface area contributed by atoms with E-state index in [1.54, 1.807) is 19.2 Å². The number of thioether (sulfide) groups is 1. The topological polar surface area (TPSA) is 71.3 Å². The van der Waals surface area contributed by atoms with E-state index in [9.17, 15) is 18.8 Å². The molecule has 1 heterocycles. The molecule has 0 spiro atoms. The Morgan fingerprint density at radius 1 is 1.31 bits per heavy atom. The summed E-state index contributed by atoms with van der Waals surface area (Å²) in [5, 5.41) is 11.9. The lowest BCUT2D eigenvalue weighted by Gasteiger charge is -2.17. The minimum atomic E-state index is -2.51. The Kier molecular flexibility index (Phi) is 6.52. The number of halogens is 2. The van der Waals surface area contributed by atoms with E-state index in [0.717, 1.165) is 5.56 Å². The molecule has 2 aromatic carbocycles. The van der Waals surface area contributed by atoms with Gasteiger partial charge in [0.05, 0.1) is 7.11 Å². The van der Waals surface area contributed by atoms with E-state index in [0.29, 0.717) is 39.4 Å². The van der Waals surface area contributed by atoms with E-state index in [-0.39, 0.29) is 12.2 Å². The van der Waals surface area contributed by atoms with Crippen molar-refractivity contribution in [1.29, 1.82) is 5.26 Å². The summed E-state index contributed by atoms with van der Waals surface area (Å²) in [5.41, 5.74) is 1.79. The first kappa shape index (κ1) is 20.4. The molecular formula is C21H16F2N2O3S. The molecule has 148 valence electrons. The fourth-order valence-corrected chi connectivity index (χ4v) is 3.12. The maximum atomic E-state index is 12.4. The normalized spacial score (nSPS) is 13.1. The molecule has 0 aromatic heterocycles. The van der Waals surface area contributed by atoms with Crippen molar-refractivity contribution in [2.24, 2.45) is 0 Å². The third-order valence-corrected chi connectivity index (χ3v) is 4.71. The fourth-order valence-electron chi connectivity index (χ4n) is 2.62. The molecular weight excluding hydrogens is 398 g/mol. The highest BCUT2D eigenvalue weighted by Gasteiger charge is 2.15. The third-order valence-electron chi connectivity index (χ3n) is 3.99. The molecule has 0 fully saturated rings. The second-order valence-corrected chi connectivity index (χ2v) is 7.00. The van der Waals surface area contributed by atoms with Gasteiger partial charge in [-0.3, -0.25) is 4.79 Å². The molecule has 1 aliphatic heterocycles. The summed E-state index contributed by atoms with van der Waals surface area (Å²) in [6.45, 7) is 0.207. The predicted octanol–water partition coefficient (Wildman–Crippen LogP) is 4.87. The van der Waals surface area contributed by atoms with Gasteiger partial charge in [-0.15, -0.1) is 0 Å². The van der Waals surface area contributed by atoms with E-state index in [4.69, 9.17) is 9.47 Å². The van der Waals surface area contributed by atoms with Crippen LogP contribution in [0.1, 0.15) is 5.56 Å². The van der Waals surface area contributed by atoms with Crippen molar-refractivity contribution < 1.29 is 23.0 Å². The summed E-state index contributed by atoms with van der Waals surface area (Å²) in [5.74, 6) is -1.78. The van der Waals surface area contributed by atoms with Gasteiger partial charge >= 0.3 is 0 Å². The van der Waals surface area contributed by atoms with Crippen LogP contribution in [0.5, 0.6) is 11.5 Å². The minimum absolute atomic E-state index is 0.0946. The van der Waals surface area contributed by atoms with E-state index in [1.807, 2.05) is 18.2 Å². The quantitative estimate of drug-likeness (QED) is 0.415. The number of alkyl halides is 2. The van der Waals surface area contributed by atoms with Gasteiger partial charge < -0.3 is 14.8 Å². The molecule has 0 bridgehead atoms. The van der Waals surface area contributed by atoms with Gasteiger partial charge in [0.1, 0.15) is 29.7 Å². The number of nitrogens with zero attached hydrogens (tertiary/aromatic N) is 1. The van der Waals surface area contributed by atoms with Crippen LogP contribution in [0.2, 0.25) is 0 Å². The summed E-state index contributed by atoms with van der Waals surface area (Å²) in [6.07, 6.45) is 3.29. The Labute approximate surface area is 170 Å². The Hall–Kier alpha value is -3.31. The summed E-state index contributed by atoms with van der Waals surface area (Å²) >= 11 is 0.418. The number of nitriles is 1. The van der Waals surface area contributed by atoms with Crippen LogP contribution in [0.15, 0.2) is 64.6 Å². The average molecular weight is 414 g/mol. The third kappa shape index (κ3) is 5.36. The maximum absolute atomic E-state index is 12.4. The number of carbonyl (C=O) groups is 1. The van der Waals surface area contributed by atoms with Crippen LogP contribution >= 0.6 is 11.8 Å². The number of ether oxygens (including phenoxy) is 2. The van der Waals surface area contributed by atoms with E-state index in [2.05, 4.69) is 5.32 Å². The Morgan fingerprint density at radius 2 is 2.07 bits per heavy atom. The summed E-state index contributed by atoms with van der Waals surface area (Å²) in [6, 6.07) is 13.2. The molecule has 8 heteroatoms. The first-order valence-electron chi connectivity index (χ1n) is 8.48. The second kappa shape index (κ2) is 9.26. The number of rotatable bonds is 6. The van der Waals surface area contributed by atoms with Crippen molar-refractivity contribution in [1.82, 2.24) is 0 Å². The number of carbonyl (C=O) groups excluding carboxylic acids is 1. The van der Waals surface area contributed by atoms with Crippen LogP contribution in [0.25, 0.3) is 6.08 Å². The summed E-state index contributed by atoms with van der Waals surface area (Å²) < 4.78 is 35.6. The monoisotopic (exact) mass is 414 g/mol. The number of benzene rings is 2. The molecule has 1 amide bonds. The number of methoxy groups -OCH3 is 1. The molecule has 5 nitrogen and oxygen atoms in total. The van der Waals surface area contributed by atoms with Crippen LogP contribution in [-0.2, 0) is 4.79 Å². The molecule has 1 N–H and O–H groups in total. The molecule has 1 aliphatic rings. The number of anilines is 1. The van der Waals surface area contributed by atoms with Gasteiger partial charge in [-0.2, -0.15) is 14.0 Å². The fraction of sp³-hybridized carbons (Fsp3) is 0.143. The van der Waals surface area contributed by atoms with Crippen LogP contribution in [0, 0.1) is 11.3 Å². The number of amides is 1. The standard InChI is InChI=1S/C21H16F2N2O3S/c1-27-17-5-2-14-8-13(12-28-19(14)10-17)9-15(11-24)20(26)25-16-3-6-18(7-4-16)29-21(22)23/h2-10,21H,12H2,1H3,(H,25,26)/b15-9+. The van der Waals surface area contributed by atoms with Gasteiger partial charge in [-0.1, -0.05) is 11.8 Å². The molecule has 29 heavy (non-hydrogen) atoms. The Bertz CT molecular complexity index is 1010. The van der Waals surface area contributed by atoms with Gasteiger partial charge in [-0.25, -0.2) is 0 Å². The largest absolute Gasteiger partial charge is 0.497 e. The lowest BCUT2D eigenvalue weighted by atomic mass is 10.0. The minimum Gasteiger partial charge on any atom is -0.497 e. The van der Waals surface area contributed by atoms with Crippen molar-refractivity contribution in [3.63, 3.8) is 0 Å². The second-order valence-electron chi connectivity index (χ2n) is 5.94. The highest BCUT2D eigenvalue weighted by molar-refractivity contribution is 7.99. The van der Waals surface area contributed by atoms with Gasteiger partial charge in [0.25, 0.3) is 11.7 Å². The Morgan fingerprint density at radius 3 is 2.72 bits per heavy atom. The lowest BCUT2D eigenvalue weighted by Crippen LogP contribution is -2.15. The van der Waals surface area contributed by atoms with Gasteiger partial charge in [0.15, 0.2) is 0 Å². The molecule has 0 atom stereocenters. The summed E-state index contributed by atoms with van der Waals surface area (Å²) in [7, 11) is 1.57. The molecule has 0 saturated heterocycles. The van der Waals surface area contributed by atoms with Gasteiger partial charge in [0.2, 0.25) is 0 Å². The molecule has 0 saturated carbocycles. The molecule has 0 aliphatic carbocycles. The number of fused-ring (bicyclic) bond motifs is 1. The summed E-state index contributed by atoms with van der Waals surface area (Å²) in [4.78, 5) is 12.8. The first-order valence-corrected chi connectivity index (χ1v) is 9.36. The van der Waals surface area contributed by atoms with Crippen LogP contribution in [-0.4, -0.2) is 25.4 Å². The van der Waals surface area contributed by atoms with Crippen LogP contribution in [0.4, 0.5) is 14.5 Å². The number of hydrogen-bond donors (Lipinski definition) is 1. The smallest absolute Gasteiger partial charge is 0.288 e. The van der Waals surface area contributed by atoms with Crippen molar-refractivity contribution in [3.05, 3.63) is 65.3 Å². The maximum Gasteiger partial charge on any atom is 0.288 e. The van der Waals surface area contributed by atoms with Crippen LogP contribution < -0.4 is 14.8 Å². The van der Waals surface area contributed by atoms with Gasteiger partial charge in [-0.05, 0) is 54.1 Å². The molecule has 2 aromatic rings. The molecule has 3 rings (SSSR count). The zero-order chi connectivity index (χ0) is 20.8. The zero-order valence-corrected chi connectivity index (χ0v) is 16.1. The van der Waals surface area contributed by atoms with E-state index < -0.39 is 11.7 Å². The highest BCUT2D eigenvalue weighted by atomic mass is 32.2. The molecule has 0 radical (unpaired) electrons. The highest BCUT2D eigenvalue weighted by Crippen LogP contribution is 2.31. The van der Waals surface area contributed by atoms with Crippen molar-refractivity contribution in [3.8, 4) is 17.6 Å². The molecule has 0 unspecified atom stereocenters. The number of nitrogens with one attached hydrogen (secondary N) is 1. The van der Waals surface area contributed by atoms with E-state index >= 15 is 0 Å². The van der Waals surface area contributed by atoms with Crippen molar-refractivity contribution in [2.75, 3.05) is 19.0 Å². The Balaban J connectivity index is 1.73. The van der Waals surface area contributed by atoms with E-state index in [1.165, 1.54) is 30.3 Å². The number of hydrogen-bond acceptors (Lipinski definition) is 5. The SMILES string of the molecule is COc1ccc2c(c1)OCC(/C=C(\C#N)C(=O)Nc1ccc(SC(F)F)cc1)=C2.